The molecule has 1 aliphatic heterocycles. The van der Waals surface area contributed by atoms with Gasteiger partial charge in [-0.3, -0.25) is 4.79 Å². The quantitative estimate of drug-likeness (QED) is 0.917. The molecule has 1 N–H and O–H groups in total. The second-order valence-electron chi connectivity index (χ2n) is 6.07. The summed E-state index contributed by atoms with van der Waals surface area (Å²) in [4.78, 5) is 19.0. The predicted octanol–water partition coefficient (Wildman–Crippen LogP) is 2.42. The molecule has 0 bridgehead atoms. The highest BCUT2D eigenvalue weighted by atomic mass is 16.5. The summed E-state index contributed by atoms with van der Waals surface area (Å²) in [5, 5.41) is 3.16. The average Bonchev–Trinajstić information content (AvgIpc) is 2.63. The fraction of sp³-hybridized carbons (Fsp3) is 0.368. The smallest absolute Gasteiger partial charge is 0.224 e. The van der Waals surface area contributed by atoms with Crippen molar-refractivity contribution in [2.75, 3.05) is 25.1 Å². The van der Waals surface area contributed by atoms with Gasteiger partial charge >= 0.3 is 0 Å². The number of ether oxygens (including phenoxy) is 1. The number of amides is 1. The molecule has 1 aromatic heterocycles. The zero-order chi connectivity index (χ0) is 16.8. The number of aromatic nitrogens is 1. The Morgan fingerprint density at radius 2 is 2.25 bits per heavy atom. The number of carbonyl (C=O) groups is 1. The minimum Gasteiger partial charge on any atom is -0.497 e. The molecule has 1 aliphatic rings. The van der Waals surface area contributed by atoms with E-state index in [0.29, 0.717) is 6.42 Å². The lowest BCUT2D eigenvalue weighted by Crippen LogP contribution is -2.48. The van der Waals surface area contributed by atoms with Gasteiger partial charge in [-0.15, -0.1) is 0 Å². The van der Waals surface area contributed by atoms with Crippen molar-refractivity contribution in [2.45, 2.75) is 25.3 Å². The molecule has 0 spiro atoms. The normalized spacial score (nSPS) is 17.4. The van der Waals surface area contributed by atoms with E-state index in [4.69, 9.17) is 4.74 Å². The first-order valence-corrected chi connectivity index (χ1v) is 8.33. The molecule has 0 unspecified atom stereocenters. The molecule has 3 rings (SSSR count). The monoisotopic (exact) mass is 325 g/mol. The third kappa shape index (κ3) is 4.25. The topological polar surface area (TPSA) is 54.5 Å². The Bertz CT molecular complexity index is 675. The number of hydrogen-bond acceptors (Lipinski definition) is 4. The van der Waals surface area contributed by atoms with Gasteiger partial charge in [-0.05, 0) is 42.7 Å². The highest BCUT2D eigenvalue weighted by molar-refractivity contribution is 5.79. The highest BCUT2D eigenvalue weighted by Crippen LogP contribution is 2.18. The molecule has 24 heavy (non-hydrogen) atoms. The van der Waals surface area contributed by atoms with E-state index in [1.165, 1.54) is 0 Å². The van der Waals surface area contributed by atoms with E-state index < -0.39 is 0 Å². The summed E-state index contributed by atoms with van der Waals surface area (Å²) in [6.07, 6.45) is 4.24. The summed E-state index contributed by atoms with van der Waals surface area (Å²) in [5.74, 6) is 1.81. The molecular weight excluding hydrogens is 302 g/mol. The number of pyridine rings is 1. The van der Waals surface area contributed by atoms with Gasteiger partial charge in [-0.25, -0.2) is 4.98 Å². The SMILES string of the molecule is COc1cccc(CC(=O)N[C@H]2CCCN(c3ccccn3)C2)c1. The Kier molecular flexibility index (Phi) is 5.31. The molecule has 2 heterocycles. The minimum atomic E-state index is 0.0520. The van der Waals surface area contributed by atoms with Crippen LogP contribution in [-0.4, -0.2) is 37.1 Å². The first-order valence-electron chi connectivity index (χ1n) is 8.33. The summed E-state index contributed by atoms with van der Waals surface area (Å²) < 4.78 is 5.20. The number of anilines is 1. The van der Waals surface area contributed by atoms with Crippen molar-refractivity contribution in [2.24, 2.45) is 0 Å². The van der Waals surface area contributed by atoms with E-state index in [1.807, 2.05) is 42.5 Å². The number of piperidine rings is 1. The van der Waals surface area contributed by atoms with E-state index in [1.54, 1.807) is 13.3 Å². The van der Waals surface area contributed by atoms with Crippen LogP contribution in [0.5, 0.6) is 5.75 Å². The molecule has 1 fully saturated rings. The predicted molar refractivity (Wildman–Crippen MR) is 94.3 cm³/mol. The van der Waals surface area contributed by atoms with Crippen molar-refractivity contribution < 1.29 is 9.53 Å². The second kappa shape index (κ2) is 7.81. The largest absolute Gasteiger partial charge is 0.497 e. The molecule has 5 heteroatoms. The summed E-state index contributed by atoms with van der Waals surface area (Å²) in [6, 6.07) is 13.7. The fourth-order valence-electron chi connectivity index (χ4n) is 3.09. The van der Waals surface area contributed by atoms with Crippen molar-refractivity contribution in [3.8, 4) is 5.75 Å². The maximum atomic E-state index is 12.3. The third-order valence-corrected chi connectivity index (χ3v) is 4.26. The minimum absolute atomic E-state index is 0.0520. The van der Waals surface area contributed by atoms with Gasteiger partial charge in [0, 0.05) is 25.3 Å². The van der Waals surface area contributed by atoms with Crippen LogP contribution in [-0.2, 0) is 11.2 Å². The zero-order valence-corrected chi connectivity index (χ0v) is 13.9. The average molecular weight is 325 g/mol. The van der Waals surface area contributed by atoms with Crippen LogP contribution in [0.15, 0.2) is 48.7 Å². The summed E-state index contributed by atoms with van der Waals surface area (Å²) in [7, 11) is 1.63. The van der Waals surface area contributed by atoms with Gasteiger partial charge < -0.3 is 15.0 Å². The molecular formula is C19H23N3O2. The molecule has 2 aromatic rings. The number of nitrogens with zero attached hydrogens (tertiary/aromatic N) is 2. The van der Waals surface area contributed by atoms with Crippen LogP contribution in [0, 0.1) is 0 Å². The molecule has 1 saturated heterocycles. The van der Waals surface area contributed by atoms with Gasteiger partial charge in [-0.1, -0.05) is 18.2 Å². The second-order valence-corrected chi connectivity index (χ2v) is 6.07. The van der Waals surface area contributed by atoms with E-state index in [2.05, 4.69) is 15.2 Å². The standard InChI is InChI=1S/C19H23N3O2/c1-24-17-8-4-6-15(12-17)13-19(23)21-16-7-5-11-22(14-16)18-9-2-3-10-20-18/h2-4,6,8-10,12,16H,5,7,11,13-14H2,1H3,(H,21,23)/t16-/m0/s1. The Balaban J connectivity index is 1.56. The number of rotatable bonds is 5. The van der Waals surface area contributed by atoms with Gasteiger partial charge in [0.2, 0.25) is 5.91 Å². The highest BCUT2D eigenvalue weighted by Gasteiger charge is 2.22. The van der Waals surface area contributed by atoms with Crippen molar-refractivity contribution in [3.63, 3.8) is 0 Å². The molecule has 5 nitrogen and oxygen atoms in total. The van der Waals surface area contributed by atoms with Gasteiger partial charge in [0.25, 0.3) is 0 Å². The van der Waals surface area contributed by atoms with Crippen molar-refractivity contribution in [1.29, 1.82) is 0 Å². The Morgan fingerprint density at radius 1 is 1.33 bits per heavy atom. The number of methoxy groups -OCH3 is 1. The zero-order valence-electron chi connectivity index (χ0n) is 13.9. The number of nitrogens with one attached hydrogen (secondary N) is 1. The molecule has 1 aromatic carbocycles. The van der Waals surface area contributed by atoms with E-state index >= 15 is 0 Å². The third-order valence-electron chi connectivity index (χ3n) is 4.26. The first kappa shape index (κ1) is 16.3. The summed E-state index contributed by atoms with van der Waals surface area (Å²) >= 11 is 0. The molecule has 1 atom stereocenters. The van der Waals surface area contributed by atoms with Crippen molar-refractivity contribution in [1.82, 2.24) is 10.3 Å². The number of benzene rings is 1. The van der Waals surface area contributed by atoms with Crippen LogP contribution < -0.4 is 15.0 Å². The van der Waals surface area contributed by atoms with Gasteiger partial charge in [0.1, 0.15) is 11.6 Å². The Morgan fingerprint density at radius 3 is 3.04 bits per heavy atom. The van der Waals surface area contributed by atoms with Gasteiger partial charge in [0.05, 0.1) is 13.5 Å². The molecule has 1 amide bonds. The van der Waals surface area contributed by atoms with Crippen molar-refractivity contribution in [3.05, 3.63) is 54.2 Å². The van der Waals surface area contributed by atoms with Crippen molar-refractivity contribution >= 4 is 11.7 Å². The first-order chi connectivity index (χ1) is 11.7. The van der Waals surface area contributed by atoms with Crippen LogP contribution in [0.2, 0.25) is 0 Å². The lowest BCUT2D eigenvalue weighted by atomic mass is 10.0. The van der Waals surface area contributed by atoms with Crippen LogP contribution in [0.3, 0.4) is 0 Å². The van der Waals surface area contributed by atoms with Crippen LogP contribution in [0.4, 0.5) is 5.82 Å². The van der Waals surface area contributed by atoms with Gasteiger partial charge in [0.15, 0.2) is 0 Å². The summed E-state index contributed by atoms with van der Waals surface area (Å²) in [5.41, 5.74) is 0.962. The van der Waals surface area contributed by atoms with Gasteiger partial charge in [-0.2, -0.15) is 0 Å². The Labute approximate surface area is 142 Å². The van der Waals surface area contributed by atoms with E-state index in [9.17, 15) is 4.79 Å². The Hall–Kier alpha value is -2.56. The maximum absolute atomic E-state index is 12.3. The molecule has 126 valence electrons. The maximum Gasteiger partial charge on any atom is 0.224 e. The van der Waals surface area contributed by atoms with E-state index in [-0.39, 0.29) is 11.9 Å². The van der Waals surface area contributed by atoms with Crippen LogP contribution in [0.25, 0.3) is 0 Å². The lowest BCUT2D eigenvalue weighted by molar-refractivity contribution is -0.121. The summed E-state index contributed by atoms with van der Waals surface area (Å²) in [6.45, 7) is 1.79. The van der Waals surface area contributed by atoms with Crippen LogP contribution in [0.1, 0.15) is 18.4 Å². The molecule has 0 aliphatic carbocycles. The fourth-order valence-corrected chi connectivity index (χ4v) is 3.09. The number of hydrogen-bond donors (Lipinski definition) is 1. The van der Waals surface area contributed by atoms with E-state index in [0.717, 1.165) is 43.1 Å². The van der Waals surface area contributed by atoms with Crippen LogP contribution >= 0.6 is 0 Å². The molecule has 0 saturated carbocycles. The molecule has 0 radical (unpaired) electrons. The lowest BCUT2D eigenvalue weighted by Gasteiger charge is -2.34. The number of carbonyl (C=O) groups excluding carboxylic acids is 1.